The van der Waals surface area contributed by atoms with Crippen LogP contribution in [0.3, 0.4) is 0 Å². The zero-order valence-corrected chi connectivity index (χ0v) is 10.8. The van der Waals surface area contributed by atoms with Gasteiger partial charge in [-0.15, -0.1) is 0 Å². The fourth-order valence-electron chi connectivity index (χ4n) is 2.88. The second kappa shape index (κ2) is 4.94. The van der Waals surface area contributed by atoms with E-state index in [-0.39, 0.29) is 0 Å². The van der Waals surface area contributed by atoms with E-state index in [1.165, 1.54) is 25.7 Å². The van der Waals surface area contributed by atoms with Crippen LogP contribution in [0, 0.1) is 11.8 Å². The monoisotopic (exact) mass is 233 g/mol. The van der Waals surface area contributed by atoms with Crippen LogP contribution in [0.25, 0.3) is 0 Å². The predicted molar refractivity (Wildman–Crippen MR) is 72.6 cm³/mol. The van der Waals surface area contributed by atoms with Gasteiger partial charge in [-0.1, -0.05) is 26.7 Å². The molecular weight excluding hydrogens is 210 g/mol. The van der Waals surface area contributed by atoms with E-state index in [4.69, 9.17) is 11.5 Å². The molecule has 0 radical (unpaired) electrons. The molecule has 1 aromatic heterocycles. The second-order valence-electron chi connectivity index (χ2n) is 5.51. The smallest absolute Gasteiger partial charge is 0.0769 e. The van der Waals surface area contributed by atoms with Gasteiger partial charge in [0.25, 0.3) is 0 Å². The van der Waals surface area contributed by atoms with Crippen molar-refractivity contribution in [1.82, 2.24) is 4.98 Å². The Morgan fingerprint density at radius 1 is 1.24 bits per heavy atom. The first-order valence-corrected chi connectivity index (χ1v) is 6.59. The number of hydrogen-bond acceptors (Lipinski definition) is 3. The lowest BCUT2D eigenvalue weighted by atomic mass is 9.75. The molecule has 1 aliphatic rings. The van der Waals surface area contributed by atoms with Crippen molar-refractivity contribution in [3.63, 3.8) is 0 Å². The topological polar surface area (TPSA) is 64.9 Å². The van der Waals surface area contributed by atoms with Crippen molar-refractivity contribution in [2.24, 2.45) is 11.8 Å². The molecule has 3 heteroatoms. The van der Waals surface area contributed by atoms with E-state index >= 15 is 0 Å². The molecule has 1 unspecified atom stereocenters. The molecule has 1 fully saturated rings. The van der Waals surface area contributed by atoms with E-state index in [0.717, 1.165) is 11.6 Å². The number of anilines is 2. The Morgan fingerprint density at radius 3 is 2.53 bits per heavy atom. The molecule has 0 aliphatic heterocycles. The number of pyridine rings is 1. The third-order valence-electron chi connectivity index (χ3n) is 4.25. The fraction of sp³-hybridized carbons (Fsp3) is 0.643. The molecule has 1 atom stereocenters. The van der Waals surface area contributed by atoms with Crippen molar-refractivity contribution >= 4 is 11.4 Å². The van der Waals surface area contributed by atoms with E-state index in [1.54, 1.807) is 12.3 Å². The van der Waals surface area contributed by atoms with E-state index < -0.39 is 0 Å². The van der Waals surface area contributed by atoms with Gasteiger partial charge in [0, 0.05) is 12.1 Å². The third-order valence-corrected chi connectivity index (χ3v) is 4.25. The molecule has 1 saturated carbocycles. The highest BCUT2D eigenvalue weighted by Crippen LogP contribution is 2.39. The molecule has 4 N–H and O–H groups in total. The first kappa shape index (κ1) is 12.2. The second-order valence-corrected chi connectivity index (χ2v) is 5.51. The maximum Gasteiger partial charge on any atom is 0.0769 e. The lowest BCUT2D eigenvalue weighted by Gasteiger charge is -2.31. The summed E-state index contributed by atoms with van der Waals surface area (Å²) in [6, 6.07) is 1.77. The van der Waals surface area contributed by atoms with Crippen molar-refractivity contribution in [2.75, 3.05) is 11.5 Å². The number of aromatic nitrogens is 1. The van der Waals surface area contributed by atoms with Crippen molar-refractivity contribution in [2.45, 2.75) is 45.4 Å². The van der Waals surface area contributed by atoms with Crippen molar-refractivity contribution in [1.29, 1.82) is 0 Å². The molecule has 0 aromatic carbocycles. The Balaban J connectivity index is 2.14. The maximum absolute atomic E-state index is 6.03. The highest BCUT2D eigenvalue weighted by molar-refractivity contribution is 5.65. The third kappa shape index (κ3) is 2.54. The summed E-state index contributed by atoms with van der Waals surface area (Å²) in [5.74, 6) is 2.01. The minimum absolute atomic E-state index is 0.422. The van der Waals surface area contributed by atoms with E-state index in [1.807, 2.05) is 0 Å². The molecule has 1 heterocycles. The van der Waals surface area contributed by atoms with Crippen LogP contribution < -0.4 is 11.5 Å². The van der Waals surface area contributed by atoms with Crippen molar-refractivity contribution < 1.29 is 0 Å². The number of rotatable bonds is 2. The van der Waals surface area contributed by atoms with Gasteiger partial charge in [-0.25, -0.2) is 0 Å². The first-order chi connectivity index (χ1) is 8.09. The van der Waals surface area contributed by atoms with Crippen LogP contribution in [0.2, 0.25) is 0 Å². The number of nitrogen functional groups attached to an aromatic ring is 2. The SMILES string of the molecule is CC1CCC(C(C)c2nccc(N)c2N)CC1. The number of nitrogens with zero attached hydrogens (tertiary/aromatic N) is 1. The normalized spacial score (nSPS) is 26.7. The minimum atomic E-state index is 0.422. The van der Waals surface area contributed by atoms with Crippen LogP contribution in [0.4, 0.5) is 11.4 Å². The fourth-order valence-corrected chi connectivity index (χ4v) is 2.88. The van der Waals surface area contributed by atoms with E-state index in [0.29, 0.717) is 23.2 Å². The van der Waals surface area contributed by atoms with Crippen LogP contribution in [-0.2, 0) is 0 Å². The molecule has 0 spiro atoms. The number of nitrogens with two attached hydrogens (primary N) is 2. The van der Waals surface area contributed by atoms with Gasteiger partial charge in [-0.2, -0.15) is 0 Å². The van der Waals surface area contributed by atoms with Crippen molar-refractivity contribution in [3.05, 3.63) is 18.0 Å². The first-order valence-electron chi connectivity index (χ1n) is 6.59. The molecule has 94 valence electrons. The van der Waals surface area contributed by atoms with Gasteiger partial charge >= 0.3 is 0 Å². The summed E-state index contributed by atoms with van der Waals surface area (Å²) in [5.41, 5.74) is 14.2. The standard InChI is InChI=1S/C14H23N3/c1-9-3-5-11(6-4-9)10(2)14-13(16)12(15)7-8-17-14/h7-11H,3-6,16H2,1-2H3,(H2,15,17). The Hall–Kier alpha value is -1.25. The van der Waals surface area contributed by atoms with Crippen molar-refractivity contribution in [3.8, 4) is 0 Å². The quantitative estimate of drug-likeness (QED) is 0.824. The highest BCUT2D eigenvalue weighted by atomic mass is 14.8. The largest absolute Gasteiger partial charge is 0.397 e. The van der Waals surface area contributed by atoms with Gasteiger partial charge < -0.3 is 11.5 Å². The summed E-state index contributed by atoms with van der Waals surface area (Å²) >= 11 is 0. The summed E-state index contributed by atoms with van der Waals surface area (Å²) in [5, 5.41) is 0. The lowest BCUT2D eigenvalue weighted by molar-refractivity contribution is 0.259. The van der Waals surface area contributed by atoms with Crippen LogP contribution in [0.15, 0.2) is 12.3 Å². The molecule has 17 heavy (non-hydrogen) atoms. The van der Waals surface area contributed by atoms with E-state index in [2.05, 4.69) is 18.8 Å². The zero-order chi connectivity index (χ0) is 12.4. The Morgan fingerprint density at radius 2 is 1.88 bits per heavy atom. The molecule has 3 nitrogen and oxygen atoms in total. The summed E-state index contributed by atoms with van der Waals surface area (Å²) in [7, 11) is 0. The van der Waals surface area contributed by atoms with Gasteiger partial charge in [-0.3, -0.25) is 4.98 Å². The molecule has 0 bridgehead atoms. The molecular formula is C14H23N3. The highest BCUT2D eigenvalue weighted by Gasteiger charge is 2.26. The van der Waals surface area contributed by atoms with Gasteiger partial charge in [0.05, 0.1) is 17.1 Å². The average molecular weight is 233 g/mol. The van der Waals surface area contributed by atoms with Crippen LogP contribution in [0.1, 0.15) is 51.1 Å². The number of hydrogen-bond donors (Lipinski definition) is 2. The zero-order valence-electron chi connectivity index (χ0n) is 10.8. The van der Waals surface area contributed by atoms with Gasteiger partial charge in [0.2, 0.25) is 0 Å². The van der Waals surface area contributed by atoms with Gasteiger partial charge in [-0.05, 0) is 30.7 Å². The minimum Gasteiger partial charge on any atom is -0.397 e. The molecule has 2 rings (SSSR count). The lowest BCUT2D eigenvalue weighted by Crippen LogP contribution is -2.19. The molecule has 1 aliphatic carbocycles. The van der Waals surface area contributed by atoms with E-state index in [9.17, 15) is 0 Å². The van der Waals surface area contributed by atoms with Gasteiger partial charge in [0.15, 0.2) is 0 Å². The Labute approximate surface area is 104 Å². The Kier molecular flexibility index (Phi) is 3.55. The predicted octanol–water partition coefficient (Wildman–Crippen LogP) is 3.18. The summed E-state index contributed by atoms with van der Waals surface area (Å²) in [6.45, 7) is 4.58. The summed E-state index contributed by atoms with van der Waals surface area (Å²) < 4.78 is 0. The molecule has 0 saturated heterocycles. The van der Waals surface area contributed by atoms with Crippen LogP contribution >= 0.6 is 0 Å². The summed E-state index contributed by atoms with van der Waals surface area (Å²) in [4.78, 5) is 4.43. The molecule has 0 amide bonds. The molecule has 1 aromatic rings. The van der Waals surface area contributed by atoms with Gasteiger partial charge in [0.1, 0.15) is 0 Å². The van der Waals surface area contributed by atoms with Crippen LogP contribution in [-0.4, -0.2) is 4.98 Å². The average Bonchev–Trinajstić information content (AvgIpc) is 2.33. The Bertz CT molecular complexity index is 381. The van der Waals surface area contributed by atoms with Crippen LogP contribution in [0.5, 0.6) is 0 Å². The summed E-state index contributed by atoms with van der Waals surface area (Å²) in [6.07, 6.45) is 7.01. The maximum atomic E-state index is 6.03.